The van der Waals surface area contributed by atoms with E-state index >= 15 is 0 Å². The van der Waals surface area contributed by atoms with E-state index in [0.29, 0.717) is 16.6 Å². The van der Waals surface area contributed by atoms with Gasteiger partial charge in [-0.2, -0.15) is 0 Å². The summed E-state index contributed by atoms with van der Waals surface area (Å²) in [5.74, 6) is -0.879. The van der Waals surface area contributed by atoms with Crippen LogP contribution in [0.25, 0.3) is 10.6 Å². The van der Waals surface area contributed by atoms with Crippen molar-refractivity contribution in [3.8, 4) is 10.6 Å². The van der Waals surface area contributed by atoms with Crippen LogP contribution in [-0.2, 0) is 16.0 Å². The van der Waals surface area contributed by atoms with Crippen LogP contribution in [0.5, 0.6) is 0 Å². The lowest BCUT2D eigenvalue weighted by atomic mass is 10.3. The molecule has 3 aromatic rings. The van der Waals surface area contributed by atoms with E-state index in [-0.39, 0.29) is 12.3 Å². The Morgan fingerprint density at radius 2 is 2.03 bits per heavy atom. The summed E-state index contributed by atoms with van der Waals surface area (Å²) in [6.07, 6.45) is 0.861. The smallest absolute Gasteiger partial charge is 0.308 e. The number of nitrogens with zero attached hydrogens (tertiary/aromatic N) is 3. The summed E-state index contributed by atoms with van der Waals surface area (Å²) in [7, 11) is 0. The quantitative estimate of drug-likeness (QED) is 0.503. The number of aliphatic carboxylic acids is 1. The molecule has 1 fully saturated rings. The SMILES string of the molecule is O=C(O)Cc1ccc(-c2csc(N(CCCN3CCOCC3)C(=O)c3cccs3)n2)s1. The van der Waals surface area contributed by atoms with Gasteiger partial charge in [-0.1, -0.05) is 6.07 Å². The summed E-state index contributed by atoms with van der Waals surface area (Å²) in [4.78, 5) is 35.4. The van der Waals surface area contributed by atoms with E-state index < -0.39 is 5.97 Å². The second kappa shape index (κ2) is 10.5. The van der Waals surface area contributed by atoms with Crippen LogP contribution < -0.4 is 4.90 Å². The molecule has 0 saturated carbocycles. The van der Waals surface area contributed by atoms with Gasteiger partial charge in [-0.15, -0.1) is 34.0 Å². The highest BCUT2D eigenvalue weighted by molar-refractivity contribution is 7.17. The van der Waals surface area contributed by atoms with E-state index in [1.807, 2.05) is 35.0 Å². The summed E-state index contributed by atoms with van der Waals surface area (Å²) < 4.78 is 5.41. The number of hydrogen-bond donors (Lipinski definition) is 1. The second-order valence-electron chi connectivity index (χ2n) is 7.09. The average molecular weight is 478 g/mol. The van der Waals surface area contributed by atoms with Gasteiger partial charge in [0.15, 0.2) is 5.13 Å². The number of carbonyl (C=O) groups is 2. The highest BCUT2D eigenvalue weighted by Gasteiger charge is 2.22. The van der Waals surface area contributed by atoms with Crippen LogP contribution in [-0.4, -0.2) is 66.3 Å². The fourth-order valence-electron chi connectivity index (χ4n) is 3.36. The maximum atomic E-state index is 13.2. The Kier molecular flexibility index (Phi) is 7.46. The topological polar surface area (TPSA) is 83.0 Å². The maximum Gasteiger partial charge on any atom is 0.308 e. The third-order valence-corrected chi connectivity index (χ3v) is 7.73. The fourth-order valence-corrected chi connectivity index (χ4v) is 5.91. The van der Waals surface area contributed by atoms with Crippen LogP contribution in [0.15, 0.2) is 35.0 Å². The molecule has 0 aliphatic carbocycles. The summed E-state index contributed by atoms with van der Waals surface area (Å²) in [5.41, 5.74) is 0.777. The van der Waals surface area contributed by atoms with Crippen LogP contribution >= 0.6 is 34.0 Å². The van der Waals surface area contributed by atoms with E-state index in [1.54, 1.807) is 4.90 Å². The zero-order chi connectivity index (χ0) is 21.6. The molecule has 4 heterocycles. The van der Waals surface area contributed by atoms with Crippen LogP contribution in [0.1, 0.15) is 21.0 Å². The van der Waals surface area contributed by atoms with Crippen molar-refractivity contribution in [1.29, 1.82) is 0 Å². The van der Waals surface area contributed by atoms with Crippen LogP contribution in [0.4, 0.5) is 5.13 Å². The molecule has 10 heteroatoms. The highest BCUT2D eigenvalue weighted by atomic mass is 32.1. The van der Waals surface area contributed by atoms with E-state index in [4.69, 9.17) is 14.8 Å². The van der Waals surface area contributed by atoms with E-state index in [9.17, 15) is 9.59 Å². The predicted octanol–water partition coefficient (Wildman–Crippen LogP) is 3.93. The number of carboxylic acid groups (broad SMARTS) is 1. The molecule has 1 N–H and O–H groups in total. The summed E-state index contributed by atoms with van der Waals surface area (Å²) in [6, 6.07) is 7.44. The number of rotatable bonds is 9. The Balaban J connectivity index is 1.48. The zero-order valence-corrected chi connectivity index (χ0v) is 19.3. The van der Waals surface area contributed by atoms with Gasteiger partial charge in [0, 0.05) is 36.4 Å². The molecule has 1 amide bonds. The lowest BCUT2D eigenvalue weighted by Crippen LogP contribution is -2.39. The molecule has 1 aliphatic rings. The lowest BCUT2D eigenvalue weighted by Gasteiger charge is -2.27. The molecule has 31 heavy (non-hydrogen) atoms. The average Bonchev–Trinajstić information content (AvgIpc) is 3.53. The van der Waals surface area contributed by atoms with E-state index in [0.717, 1.165) is 54.7 Å². The first-order valence-electron chi connectivity index (χ1n) is 10.0. The third kappa shape index (κ3) is 5.78. The van der Waals surface area contributed by atoms with Gasteiger partial charge in [0.05, 0.1) is 35.1 Å². The summed E-state index contributed by atoms with van der Waals surface area (Å²) in [6.45, 7) is 4.89. The van der Waals surface area contributed by atoms with Crippen molar-refractivity contribution >= 4 is 51.0 Å². The van der Waals surface area contributed by atoms with Crippen LogP contribution in [0.3, 0.4) is 0 Å². The third-order valence-electron chi connectivity index (χ3n) is 4.90. The van der Waals surface area contributed by atoms with Crippen molar-refractivity contribution in [2.45, 2.75) is 12.8 Å². The fraction of sp³-hybridized carbons (Fsp3) is 0.381. The lowest BCUT2D eigenvalue weighted by molar-refractivity contribution is -0.136. The minimum absolute atomic E-state index is 0.00614. The van der Waals surface area contributed by atoms with Crippen molar-refractivity contribution in [1.82, 2.24) is 9.88 Å². The molecule has 0 atom stereocenters. The molecular formula is C21H23N3O4S3. The molecule has 164 valence electrons. The number of thiazole rings is 1. The van der Waals surface area contributed by atoms with Crippen molar-refractivity contribution in [3.63, 3.8) is 0 Å². The van der Waals surface area contributed by atoms with E-state index in [1.165, 1.54) is 34.0 Å². The first kappa shape index (κ1) is 22.1. The van der Waals surface area contributed by atoms with Crippen molar-refractivity contribution in [2.75, 3.05) is 44.3 Å². The molecule has 4 rings (SSSR count). The monoisotopic (exact) mass is 477 g/mol. The van der Waals surface area contributed by atoms with Gasteiger partial charge in [0.1, 0.15) is 0 Å². The van der Waals surface area contributed by atoms with Crippen molar-refractivity contribution in [3.05, 3.63) is 44.8 Å². The summed E-state index contributed by atoms with van der Waals surface area (Å²) >= 11 is 4.30. The zero-order valence-electron chi connectivity index (χ0n) is 16.9. The number of amides is 1. The Morgan fingerprint density at radius 3 is 2.77 bits per heavy atom. The standard InChI is InChI=1S/C21H23N3O4S3/c25-19(26)13-15-4-5-17(31-15)16-14-30-21(22-16)24(20(27)18-3-1-12-29-18)7-2-6-23-8-10-28-11-9-23/h1,3-5,12,14H,2,6-11,13H2,(H,25,26). The second-order valence-corrected chi connectivity index (χ2v) is 10.0. The Bertz CT molecular complexity index is 1010. The van der Waals surface area contributed by atoms with Gasteiger partial charge >= 0.3 is 5.97 Å². The predicted molar refractivity (Wildman–Crippen MR) is 125 cm³/mol. The minimum Gasteiger partial charge on any atom is -0.481 e. The highest BCUT2D eigenvalue weighted by Crippen LogP contribution is 2.33. The van der Waals surface area contributed by atoms with Gasteiger partial charge in [0.25, 0.3) is 5.91 Å². The summed E-state index contributed by atoms with van der Waals surface area (Å²) in [5, 5.41) is 13.5. The molecule has 3 aromatic heterocycles. The molecule has 0 bridgehead atoms. The Hall–Kier alpha value is -2.11. The molecule has 7 nitrogen and oxygen atoms in total. The molecule has 0 radical (unpaired) electrons. The first-order chi connectivity index (χ1) is 15.1. The van der Waals surface area contributed by atoms with Crippen molar-refractivity contribution in [2.24, 2.45) is 0 Å². The van der Waals surface area contributed by atoms with Crippen LogP contribution in [0.2, 0.25) is 0 Å². The van der Waals surface area contributed by atoms with E-state index in [2.05, 4.69) is 4.90 Å². The largest absolute Gasteiger partial charge is 0.481 e. The van der Waals surface area contributed by atoms with Gasteiger partial charge in [-0.25, -0.2) is 4.98 Å². The number of carbonyl (C=O) groups excluding carboxylic acids is 1. The first-order valence-corrected chi connectivity index (χ1v) is 12.6. The molecule has 0 spiro atoms. The maximum absolute atomic E-state index is 13.2. The number of hydrogen-bond acceptors (Lipinski definition) is 8. The Labute approximate surface area is 192 Å². The van der Waals surface area contributed by atoms with Crippen LogP contribution in [0, 0.1) is 0 Å². The number of carboxylic acids is 1. The van der Waals surface area contributed by atoms with Crippen molar-refractivity contribution < 1.29 is 19.4 Å². The van der Waals surface area contributed by atoms with Gasteiger partial charge < -0.3 is 9.84 Å². The Morgan fingerprint density at radius 1 is 1.19 bits per heavy atom. The molecular weight excluding hydrogens is 454 g/mol. The number of anilines is 1. The molecule has 1 saturated heterocycles. The molecule has 0 unspecified atom stereocenters. The minimum atomic E-state index is -0.847. The van der Waals surface area contributed by atoms with Gasteiger partial charge in [-0.05, 0) is 30.0 Å². The number of morpholine rings is 1. The normalized spacial score (nSPS) is 14.6. The number of thiophene rings is 2. The molecule has 1 aliphatic heterocycles. The molecule has 0 aromatic carbocycles. The van der Waals surface area contributed by atoms with Gasteiger partial charge in [-0.3, -0.25) is 19.4 Å². The van der Waals surface area contributed by atoms with Gasteiger partial charge in [0.2, 0.25) is 0 Å². The number of aromatic nitrogens is 1. The number of ether oxygens (including phenoxy) is 1.